The number of hydrogen-bond acceptors (Lipinski definition) is 5. The number of fused-ring (bicyclic) bond motifs is 5. The van der Waals surface area contributed by atoms with E-state index in [4.69, 9.17) is 0 Å². The van der Waals surface area contributed by atoms with Crippen molar-refractivity contribution in [1.29, 1.82) is 10.5 Å². The van der Waals surface area contributed by atoms with Crippen LogP contribution in [0.25, 0.3) is 0 Å². The molecule has 0 aromatic heterocycles. The number of carbonyl (C=O) groups excluding carboxylic acids is 2. The standard InChI is InChI=1S/C22H17N5O2/c1-26-13-20(11-23,12-24)21(14-7-3-5-9-16(14)25-18(21)28)22(26)15-8-4-6-10-17(15)27(2)19(22)29/h3-10H,13H2,1-2H3,(H,25,28)/t21-,22+/m1/s1. The predicted octanol–water partition coefficient (Wildman–Crippen LogP) is 1.73. The molecule has 2 spiro atoms. The monoisotopic (exact) mass is 383 g/mol. The van der Waals surface area contributed by atoms with E-state index in [0.717, 1.165) is 0 Å². The molecule has 1 saturated heterocycles. The Morgan fingerprint density at radius 2 is 1.59 bits per heavy atom. The van der Waals surface area contributed by atoms with Gasteiger partial charge in [-0.05, 0) is 24.7 Å². The van der Waals surface area contributed by atoms with Crippen LogP contribution < -0.4 is 10.2 Å². The normalized spacial score (nSPS) is 28.9. The van der Waals surface area contributed by atoms with Gasteiger partial charge in [-0.1, -0.05) is 36.4 Å². The molecule has 2 amide bonds. The maximum Gasteiger partial charge on any atom is 0.253 e. The Labute approximate surface area is 167 Å². The summed E-state index contributed by atoms with van der Waals surface area (Å²) < 4.78 is 0. The molecule has 3 aliphatic heterocycles. The summed E-state index contributed by atoms with van der Waals surface area (Å²) in [5.41, 5.74) is -2.60. The average molecular weight is 383 g/mol. The van der Waals surface area contributed by atoms with Gasteiger partial charge >= 0.3 is 0 Å². The molecule has 0 bridgehead atoms. The van der Waals surface area contributed by atoms with Crippen LogP contribution in [0.5, 0.6) is 0 Å². The Kier molecular flexibility index (Phi) is 3.14. The number of anilines is 2. The van der Waals surface area contributed by atoms with Crippen molar-refractivity contribution in [2.24, 2.45) is 5.41 Å². The Balaban J connectivity index is 2.02. The quantitative estimate of drug-likeness (QED) is 0.747. The number of carbonyl (C=O) groups is 2. The molecule has 5 rings (SSSR count). The number of likely N-dealkylation sites (N-methyl/N-ethyl adjacent to an activating group) is 2. The van der Waals surface area contributed by atoms with Crippen LogP contribution in [0.2, 0.25) is 0 Å². The lowest BCUT2D eigenvalue weighted by molar-refractivity contribution is -0.138. The Morgan fingerprint density at radius 3 is 2.28 bits per heavy atom. The molecule has 0 aliphatic carbocycles. The van der Waals surface area contributed by atoms with Crippen molar-refractivity contribution in [2.75, 3.05) is 30.9 Å². The van der Waals surface area contributed by atoms with E-state index in [1.54, 1.807) is 43.3 Å². The van der Waals surface area contributed by atoms with E-state index < -0.39 is 22.3 Å². The molecule has 142 valence electrons. The molecule has 3 aliphatic rings. The first-order chi connectivity index (χ1) is 13.9. The van der Waals surface area contributed by atoms with E-state index in [2.05, 4.69) is 17.5 Å². The van der Waals surface area contributed by atoms with Crippen molar-refractivity contribution in [2.45, 2.75) is 11.0 Å². The van der Waals surface area contributed by atoms with Crippen LogP contribution in [-0.2, 0) is 20.5 Å². The fourth-order valence-electron chi connectivity index (χ4n) is 5.76. The minimum atomic E-state index is -1.74. The fourth-order valence-corrected chi connectivity index (χ4v) is 5.76. The zero-order valence-corrected chi connectivity index (χ0v) is 15.9. The van der Waals surface area contributed by atoms with Crippen LogP contribution >= 0.6 is 0 Å². The molecule has 2 atom stereocenters. The highest BCUT2D eigenvalue weighted by Gasteiger charge is 2.83. The first kappa shape index (κ1) is 17.4. The second-order valence-electron chi connectivity index (χ2n) is 7.83. The first-order valence-electron chi connectivity index (χ1n) is 9.25. The molecule has 1 N–H and O–H groups in total. The average Bonchev–Trinajstić information content (AvgIpc) is 3.26. The van der Waals surface area contributed by atoms with E-state index in [-0.39, 0.29) is 12.5 Å². The van der Waals surface area contributed by atoms with Gasteiger partial charge in [-0.25, -0.2) is 0 Å². The zero-order chi connectivity index (χ0) is 20.6. The summed E-state index contributed by atoms with van der Waals surface area (Å²) in [6.07, 6.45) is 0. The highest BCUT2D eigenvalue weighted by atomic mass is 16.2. The SMILES string of the molecule is CN1C(=O)[C@]2(c3ccccc31)N(C)CC(C#N)(C#N)[C@@]21C(=O)Nc2ccccc21. The number of likely N-dealkylation sites (tertiary alicyclic amines) is 1. The highest BCUT2D eigenvalue weighted by molar-refractivity contribution is 6.19. The lowest BCUT2D eigenvalue weighted by atomic mass is 9.53. The highest BCUT2D eigenvalue weighted by Crippen LogP contribution is 2.68. The summed E-state index contributed by atoms with van der Waals surface area (Å²) in [7, 11) is 3.37. The molecule has 1 fully saturated rings. The third kappa shape index (κ3) is 1.52. The van der Waals surface area contributed by atoms with Crippen LogP contribution in [0, 0.1) is 28.1 Å². The third-order valence-electron chi connectivity index (χ3n) is 6.80. The second-order valence-corrected chi connectivity index (χ2v) is 7.83. The van der Waals surface area contributed by atoms with Crippen LogP contribution in [0.15, 0.2) is 48.5 Å². The summed E-state index contributed by atoms with van der Waals surface area (Å²) in [6, 6.07) is 18.6. The maximum atomic E-state index is 13.9. The third-order valence-corrected chi connectivity index (χ3v) is 6.80. The topological polar surface area (TPSA) is 100 Å². The van der Waals surface area contributed by atoms with E-state index >= 15 is 0 Å². The van der Waals surface area contributed by atoms with E-state index in [1.165, 1.54) is 4.90 Å². The van der Waals surface area contributed by atoms with Gasteiger partial charge in [-0.3, -0.25) is 14.5 Å². The van der Waals surface area contributed by atoms with E-state index in [0.29, 0.717) is 22.5 Å². The first-order valence-corrected chi connectivity index (χ1v) is 9.25. The summed E-state index contributed by atoms with van der Waals surface area (Å²) in [6.45, 7) is -0.0321. The minimum absolute atomic E-state index is 0.0321. The van der Waals surface area contributed by atoms with Gasteiger partial charge in [-0.15, -0.1) is 0 Å². The molecule has 2 aromatic rings. The Morgan fingerprint density at radius 1 is 0.966 bits per heavy atom. The van der Waals surface area contributed by atoms with E-state index in [9.17, 15) is 20.1 Å². The lowest BCUT2D eigenvalue weighted by Gasteiger charge is -2.43. The second kappa shape index (κ2) is 5.22. The van der Waals surface area contributed by atoms with Gasteiger partial charge in [0, 0.05) is 30.5 Å². The number of nitrogens with one attached hydrogen (secondary N) is 1. The number of nitriles is 2. The van der Waals surface area contributed by atoms with Crippen molar-refractivity contribution in [3.05, 3.63) is 59.7 Å². The Hall–Kier alpha value is -3.68. The summed E-state index contributed by atoms with van der Waals surface area (Å²) in [5.74, 6) is -0.815. The number of hydrogen-bond donors (Lipinski definition) is 1. The van der Waals surface area contributed by atoms with Gasteiger partial charge in [0.15, 0.2) is 5.41 Å². The van der Waals surface area contributed by atoms with Crippen LogP contribution in [-0.4, -0.2) is 37.4 Å². The van der Waals surface area contributed by atoms with Gasteiger partial charge in [0.05, 0.1) is 12.1 Å². The van der Waals surface area contributed by atoms with Crippen molar-refractivity contribution in [3.8, 4) is 12.1 Å². The maximum absolute atomic E-state index is 13.9. The zero-order valence-electron chi connectivity index (χ0n) is 15.9. The molecular weight excluding hydrogens is 366 g/mol. The molecule has 7 heteroatoms. The molecular formula is C22H17N5O2. The number of amides is 2. The predicted molar refractivity (Wildman–Crippen MR) is 105 cm³/mol. The van der Waals surface area contributed by atoms with Crippen molar-refractivity contribution in [1.82, 2.24) is 4.90 Å². The lowest BCUT2D eigenvalue weighted by Crippen LogP contribution is -2.64. The number of nitrogens with zero attached hydrogens (tertiary/aromatic N) is 4. The number of rotatable bonds is 0. The summed E-state index contributed by atoms with van der Waals surface area (Å²) >= 11 is 0. The van der Waals surface area contributed by atoms with Gasteiger partial charge in [0.1, 0.15) is 11.0 Å². The van der Waals surface area contributed by atoms with Crippen molar-refractivity contribution < 1.29 is 9.59 Å². The van der Waals surface area contributed by atoms with E-state index in [1.807, 2.05) is 24.3 Å². The largest absolute Gasteiger partial charge is 0.325 e. The minimum Gasteiger partial charge on any atom is -0.325 e. The molecule has 2 aromatic carbocycles. The van der Waals surface area contributed by atoms with Crippen molar-refractivity contribution >= 4 is 23.2 Å². The fraction of sp³-hybridized carbons (Fsp3) is 0.273. The summed E-state index contributed by atoms with van der Waals surface area (Å²) in [5, 5.41) is 23.3. The van der Waals surface area contributed by atoms with Gasteiger partial charge < -0.3 is 10.2 Å². The van der Waals surface area contributed by atoms with Crippen LogP contribution in [0.3, 0.4) is 0 Å². The molecule has 0 unspecified atom stereocenters. The summed E-state index contributed by atoms with van der Waals surface area (Å²) in [4.78, 5) is 30.9. The van der Waals surface area contributed by atoms with Crippen LogP contribution in [0.1, 0.15) is 11.1 Å². The molecule has 7 nitrogen and oxygen atoms in total. The van der Waals surface area contributed by atoms with Gasteiger partial charge in [-0.2, -0.15) is 10.5 Å². The number of benzene rings is 2. The smallest absolute Gasteiger partial charge is 0.253 e. The Bertz CT molecular complexity index is 1180. The van der Waals surface area contributed by atoms with Crippen LogP contribution in [0.4, 0.5) is 11.4 Å². The molecule has 29 heavy (non-hydrogen) atoms. The van der Waals surface area contributed by atoms with Crippen molar-refractivity contribution in [3.63, 3.8) is 0 Å². The molecule has 0 saturated carbocycles. The van der Waals surface area contributed by atoms with Gasteiger partial charge in [0.25, 0.3) is 5.91 Å². The number of para-hydroxylation sites is 2. The van der Waals surface area contributed by atoms with Gasteiger partial charge in [0.2, 0.25) is 5.91 Å². The molecule has 3 heterocycles. The molecule has 0 radical (unpaired) electrons.